The number of H-pyrrole nitrogens is 1. The van der Waals surface area contributed by atoms with E-state index in [2.05, 4.69) is 15.2 Å². The van der Waals surface area contributed by atoms with Crippen LogP contribution in [0.2, 0.25) is 0 Å². The van der Waals surface area contributed by atoms with E-state index in [9.17, 15) is 9.59 Å². The van der Waals surface area contributed by atoms with Gasteiger partial charge in [-0.05, 0) is 46.2 Å². The number of aromatic nitrogens is 4. The van der Waals surface area contributed by atoms with E-state index in [4.69, 9.17) is 9.15 Å². The van der Waals surface area contributed by atoms with Crippen LogP contribution in [0.4, 0.5) is 0 Å². The minimum Gasteiger partial charge on any atom is -0.469 e. The second-order valence-electron chi connectivity index (χ2n) is 6.50. The molecule has 0 saturated carbocycles. The Morgan fingerprint density at radius 3 is 2.62 bits per heavy atom. The zero-order valence-corrected chi connectivity index (χ0v) is 18.0. The monoisotopic (exact) mass is 416 g/mol. The Hall–Kier alpha value is -2.81. The molecule has 0 fully saturated rings. The van der Waals surface area contributed by atoms with E-state index >= 15 is 0 Å². The van der Waals surface area contributed by atoms with Crippen molar-refractivity contribution >= 4 is 23.5 Å². The van der Waals surface area contributed by atoms with E-state index in [-0.39, 0.29) is 18.1 Å². The molecule has 0 unspecified atom stereocenters. The van der Waals surface area contributed by atoms with Gasteiger partial charge in [0.05, 0.1) is 24.2 Å². The summed E-state index contributed by atoms with van der Waals surface area (Å²) < 4.78 is 12.4. The van der Waals surface area contributed by atoms with Gasteiger partial charge in [0.25, 0.3) is 0 Å². The van der Waals surface area contributed by atoms with Crippen molar-refractivity contribution in [2.75, 3.05) is 12.4 Å². The average Bonchev–Trinajstić information content (AvgIpc) is 3.36. The van der Waals surface area contributed by atoms with Crippen molar-refractivity contribution in [2.45, 2.75) is 46.3 Å². The van der Waals surface area contributed by atoms with Crippen molar-refractivity contribution in [1.82, 2.24) is 19.7 Å². The molecule has 8 nitrogen and oxygen atoms in total. The lowest BCUT2D eigenvalue weighted by Gasteiger charge is -2.07. The van der Waals surface area contributed by atoms with Gasteiger partial charge in [-0.25, -0.2) is 4.79 Å². The van der Waals surface area contributed by atoms with Crippen molar-refractivity contribution in [2.24, 2.45) is 0 Å². The van der Waals surface area contributed by atoms with E-state index in [1.165, 1.54) is 11.8 Å². The van der Waals surface area contributed by atoms with Crippen LogP contribution in [0.5, 0.6) is 0 Å². The summed E-state index contributed by atoms with van der Waals surface area (Å²) in [4.78, 5) is 27.9. The van der Waals surface area contributed by atoms with Crippen LogP contribution in [0, 0.1) is 20.8 Å². The number of rotatable bonds is 8. The molecule has 0 radical (unpaired) electrons. The fourth-order valence-corrected chi connectivity index (χ4v) is 4.15. The number of ketones is 1. The Morgan fingerprint density at radius 1 is 1.24 bits per heavy atom. The van der Waals surface area contributed by atoms with Crippen LogP contribution in [0.3, 0.4) is 0 Å². The molecule has 3 aromatic rings. The van der Waals surface area contributed by atoms with Gasteiger partial charge in [-0.1, -0.05) is 11.8 Å². The summed E-state index contributed by atoms with van der Waals surface area (Å²) >= 11 is 1.32. The van der Waals surface area contributed by atoms with Crippen molar-refractivity contribution in [3.05, 3.63) is 40.6 Å². The number of aromatic amines is 1. The third-order valence-electron chi connectivity index (χ3n) is 4.66. The lowest BCUT2D eigenvalue weighted by molar-refractivity contribution is 0.0519. The van der Waals surface area contributed by atoms with E-state index < -0.39 is 5.97 Å². The highest BCUT2D eigenvalue weighted by Crippen LogP contribution is 2.28. The lowest BCUT2D eigenvalue weighted by Crippen LogP contribution is -2.09. The van der Waals surface area contributed by atoms with Crippen LogP contribution in [0.25, 0.3) is 11.4 Å². The number of hydrogen-bond acceptors (Lipinski definition) is 7. The molecule has 0 aliphatic heterocycles. The number of thioether (sulfide) groups is 1. The van der Waals surface area contributed by atoms with Crippen molar-refractivity contribution in [3.8, 4) is 11.4 Å². The molecule has 0 atom stereocenters. The second kappa shape index (κ2) is 8.69. The second-order valence-corrected chi connectivity index (χ2v) is 7.44. The van der Waals surface area contributed by atoms with Gasteiger partial charge >= 0.3 is 5.97 Å². The Morgan fingerprint density at radius 2 is 2.00 bits per heavy atom. The van der Waals surface area contributed by atoms with Gasteiger partial charge in [-0.3, -0.25) is 4.79 Å². The molecule has 0 spiro atoms. The van der Waals surface area contributed by atoms with Gasteiger partial charge in [-0.2, -0.15) is 0 Å². The SMILES string of the molecule is CCOC(=O)c1[nH]c(C)c(C(=O)CSc2nnc(-c3ccoc3C)n2CC)c1C. The Balaban J connectivity index is 1.79. The zero-order valence-electron chi connectivity index (χ0n) is 17.2. The number of esters is 1. The third kappa shape index (κ3) is 4.00. The molecule has 29 heavy (non-hydrogen) atoms. The standard InChI is InChI=1S/C20H24N4O4S/c1-6-24-18(14-8-9-28-13(14)5)22-23-20(24)29-10-15(25)16-11(3)17(21-12(16)4)19(26)27-7-2/h8-9,21H,6-7,10H2,1-5H3. The van der Waals surface area contributed by atoms with Crippen LogP contribution in [0.15, 0.2) is 21.9 Å². The number of nitrogens with one attached hydrogen (secondary N) is 1. The Kier molecular flexibility index (Phi) is 6.26. The van der Waals surface area contributed by atoms with Gasteiger partial charge in [0.2, 0.25) is 0 Å². The number of hydrogen-bond donors (Lipinski definition) is 1. The zero-order chi connectivity index (χ0) is 21.1. The van der Waals surface area contributed by atoms with Gasteiger partial charge in [-0.15, -0.1) is 10.2 Å². The molecule has 3 aromatic heterocycles. The van der Waals surface area contributed by atoms with Crippen molar-refractivity contribution < 1.29 is 18.7 Å². The first-order valence-electron chi connectivity index (χ1n) is 9.38. The molecular formula is C20H24N4O4S. The highest BCUT2D eigenvalue weighted by Gasteiger charge is 2.24. The first-order valence-corrected chi connectivity index (χ1v) is 10.4. The van der Waals surface area contributed by atoms with E-state index in [1.54, 1.807) is 27.0 Å². The summed E-state index contributed by atoms with van der Waals surface area (Å²) in [6, 6.07) is 1.86. The molecule has 3 heterocycles. The molecule has 0 bridgehead atoms. The van der Waals surface area contributed by atoms with Gasteiger partial charge in [0.15, 0.2) is 16.8 Å². The fraction of sp³-hybridized carbons (Fsp3) is 0.400. The van der Waals surface area contributed by atoms with Crippen molar-refractivity contribution in [3.63, 3.8) is 0 Å². The lowest BCUT2D eigenvalue weighted by atomic mass is 10.1. The topological polar surface area (TPSA) is 103 Å². The molecule has 0 aliphatic rings. The molecular weight excluding hydrogens is 392 g/mol. The quantitative estimate of drug-likeness (QED) is 0.337. The maximum atomic E-state index is 12.9. The third-order valence-corrected chi connectivity index (χ3v) is 5.63. The van der Waals surface area contributed by atoms with Crippen molar-refractivity contribution in [1.29, 1.82) is 0 Å². The molecule has 1 N–H and O–H groups in total. The highest BCUT2D eigenvalue weighted by atomic mass is 32.2. The number of ether oxygens (including phenoxy) is 1. The minimum absolute atomic E-state index is 0.0801. The number of furan rings is 1. The summed E-state index contributed by atoms with van der Waals surface area (Å²) in [7, 11) is 0. The van der Waals surface area contributed by atoms with Crippen LogP contribution in [0.1, 0.15) is 51.7 Å². The van der Waals surface area contributed by atoms with Crippen LogP contribution < -0.4 is 0 Å². The smallest absolute Gasteiger partial charge is 0.355 e. The van der Waals surface area contributed by atoms with E-state index in [1.807, 2.05) is 24.5 Å². The van der Waals surface area contributed by atoms with Crippen LogP contribution >= 0.6 is 11.8 Å². The predicted molar refractivity (Wildman–Crippen MR) is 109 cm³/mol. The first kappa shape index (κ1) is 20.9. The summed E-state index contributed by atoms with van der Waals surface area (Å²) in [6.45, 7) is 10.1. The Labute approximate surface area is 173 Å². The predicted octanol–water partition coefficient (Wildman–Crippen LogP) is 3.96. The Bertz CT molecular complexity index is 1050. The molecule has 0 amide bonds. The summed E-state index contributed by atoms with van der Waals surface area (Å²) in [6.07, 6.45) is 1.62. The van der Waals surface area contributed by atoms with E-state index in [0.29, 0.717) is 40.0 Å². The normalized spacial score (nSPS) is 11.1. The maximum absolute atomic E-state index is 12.9. The average molecular weight is 417 g/mol. The summed E-state index contributed by atoms with van der Waals surface area (Å²) in [5, 5.41) is 9.19. The summed E-state index contributed by atoms with van der Waals surface area (Å²) in [5.74, 6) is 1.14. The largest absolute Gasteiger partial charge is 0.469 e. The minimum atomic E-state index is -0.453. The number of carbonyl (C=O) groups is 2. The van der Waals surface area contributed by atoms with Gasteiger partial charge in [0, 0.05) is 17.8 Å². The van der Waals surface area contributed by atoms with Crippen LogP contribution in [-0.4, -0.2) is 43.9 Å². The molecule has 9 heteroatoms. The maximum Gasteiger partial charge on any atom is 0.355 e. The highest BCUT2D eigenvalue weighted by molar-refractivity contribution is 7.99. The van der Waals surface area contributed by atoms with Gasteiger partial charge in [0.1, 0.15) is 11.5 Å². The fourth-order valence-electron chi connectivity index (χ4n) is 3.27. The number of nitrogens with zero attached hydrogens (tertiary/aromatic N) is 3. The van der Waals surface area contributed by atoms with Gasteiger partial charge < -0.3 is 18.7 Å². The number of Topliss-reactive ketones (excluding diaryl/α,β-unsaturated/α-hetero) is 1. The molecule has 154 valence electrons. The van der Waals surface area contributed by atoms with Crippen LogP contribution in [-0.2, 0) is 11.3 Å². The molecule has 0 aromatic carbocycles. The number of aryl methyl sites for hydroxylation is 2. The van der Waals surface area contributed by atoms with E-state index in [0.717, 1.165) is 11.3 Å². The molecule has 0 saturated heterocycles. The number of carbonyl (C=O) groups excluding carboxylic acids is 2. The molecule has 3 rings (SSSR count). The first-order chi connectivity index (χ1) is 13.9. The molecule has 0 aliphatic carbocycles. The summed E-state index contributed by atoms with van der Waals surface area (Å²) in [5.41, 5.74) is 3.00.